The molecule has 1 aromatic carbocycles. The number of hydrogen-bond donors (Lipinski definition) is 2. The predicted octanol–water partition coefficient (Wildman–Crippen LogP) is 0.808. The van der Waals surface area contributed by atoms with Crippen molar-refractivity contribution in [1.82, 2.24) is 5.32 Å². The summed E-state index contributed by atoms with van der Waals surface area (Å²) in [5.74, 6) is -2.08. The molecule has 8 heteroatoms. The smallest absolute Gasteiger partial charge is 0.295 e. The highest BCUT2D eigenvalue weighted by atomic mass is 19.1. The van der Waals surface area contributed by atoms with Crippen LogP contribution in [-0.2, 0) is 9.59 Å². The van der Waals surface area contributed by atoms with Crippen LogP contribution in [0.3, 0.4) is 0 Å². The molecule has 0 aliphatic carbocycles. The van der Waals surface area contributed by atoms with E-state index in [1.807, 2.05) is 0 Å². The summed E-state index contributed by atoms with van der Waals surface area (Å²) in [6.45, 7) is 0.194. The largest absolute Gasteiger partial charge is 0.355 e. The van der Waals surface area contributed by atoms with Gasteiger partial charge < -0.3 is 10.6 Å². The third-order valence-electron chi connectivity index (χ3n) is 2.76. The van der Waals surface area contributed by atoms with Crippen LogP contribution in [0.25, 0.3) is 0 Å². The zero-order valence-electron chi connectivity index (χ0n) is 9.68. The maximum atomic E-state index is 12.9. The van der Waals surface area contributed by atoms with E-state index in [1.54, 1.807) is 0 Å². The van der Waals surface area contributed by atoms with E-state index in [4.69, 9.17) is 0 Å². The summed E-state index contributed by atoms with van der Waals surface area (Å²) < 4.78 is 12.9. The van der Waals surface area contributed by atoms with Crippen molar-refractivity contribution < 1.29 is 18.9 Å². The molecule has 0 bridgehead atoms. The lowest BCUT2D eigenvalue weighted by molar-refractivity contribution is -0.384. The van der Waals surface area contributed by atoms with Gasteiger partial charge in [0, 0.05) is 13.0 Å². The SMILES string of the molecule is O=C1CC(C(=O)Nc2ccc(F)cc2[N+](=O)[O-])CN1. The van der Waals surface area contributed by atoms with Crippen LogP contribution in [0.15, 0.2) is 18.2 Å². The average Bonchev–Trinajstić information content (AvgIpc) is 2.78. The second-order valence-corrected chi connectivity index (χ2v) is 4.11. The minimum Gasteiger partial charge on any atom is -0.355 e. The van der Waals surface area contributed by atoms with Crippen LogP contribution in [-0.4, -0.2) is 23.3 Å². The zero-order chi connectivity index (χ0) is 14.0. The summed E-state index contributed by atoms with van der Waals surface area (Å²) in [5.41, 5.74) is -0.610. The van der Waals surface area contributed by atoms with Gasteiger partial charge in [-0.25, -0.2) is 4.39 Å². The Kier molecular flexibility index (Phi) is 3.41. The van der Waals surface area contributed by atoms with Crippen LogP contribution < -0.4 is 10.6 Å². The second kappa shape index (κ2) is 5.01. The van der Waals surface area contributed by atoms with Crippen molar-refractivity contribution in [3.05, 3.63) is 34.1 Å². The minimum atomic E-state index is -0.781. The first-order valence-electron chi connectivity index (χ1n) is 5.49. The highest BCUT2D eigenvalue weighted by molar-refractivity contribution is 5.98. The summed E-state index contributed by atoms with van der Waals surface area (Å²) in [6.07, 6.45) is 0.0425. The van der Waals surface area contributed by atoms with Crippen molar-refractivity contribution in [3.8, 4) is 0 Å². The van der Waals surface area contributed by atoms with E-state index in [9.17, 15) is 24.1 Å². The number of nitrogens with one attached hydrogen (secondary N) is 2. The van der Waals surface area contributed by atoms with Gasteiger partial charge in [-0.1, -0.05) is 0 Å². The Morgan fingerprint density at radius 2 is 2.26 bits per heavy atom. The molecule has 0 aromatic heterocycles. The summed E-state index contributed by atoms with van der Waals surface area (Å²) in [6, 6.07) is 2.86. The zero-order valence-corrected chi connectivity index (χ0v) is 9.68. The second-order valence-electron chi connectivity index (χ2n) is 4.11. The van der Waals surface area contributed by atoms with Gasteiger partial charge in [0.2, 0.25) is 11.8 Å². The van der Waals surface area contributed by atoms with E-state index in [0.29, 0.717) is 0 Å². The van der Waals surface area contributed by atoms with Gasteiger partial charge in [0.15, 0.2) is 0 Å². The molecule has 1 fully saturated rings. The summed E-state index contributed by atoms with van der Waals surface area (Å²) in [4.78, 5) is 32.8. The van der Waals surface area contributed by atoms with Crippen LogP contribution in [0.5, 0.6) is 0 Å². The van der Waals surface area contributed by atoms with Gasteiger partial charge in [-0.2, -0.15) is 0 Å². The fourth-order valence-electron chi connectivity index (χ4n) is 1.79. The van der Waals surface area contributed by atoms with E-state index in [2.05, 4.69) is 10.6 Å². The minimum absolute atomic E-state index is 0.0425. The van der Waals surface area contributed by atoms with Crippen molar-refractivity contribution in [2.24, 2.45) is 5.92 Å². The molecule has 1 unspecified atom stereocenters. The average molecular weight is 267 g/mol. The van der Waals surface area contributed by atoms with Crippen molar-refractivity contribution in [1.29, 1.82) is 0 Å². The summed E-state index contributed by atoms with van der Waals surface area (Å²) in [7, 11) is 0. The van der Waals surface area contributed by atoms with E-state index >= 15 is 0 Å². The van der Waals surface area contributed by atoms with E-state index < -0.39 is 28.3 Å². The molecule has 1 saturated heterocycles. The van der Waals surface area contributed by atoms with Crippen molar-refractivity contribution in [3.63, 3.8) is 0 Å². The molecule has 1 aliphatic heterocycles. The number of hydrogen-bond acceptors (Lipinski definition) is 4. The summed E-state index contributed by atoms with van der Waals surface area (Å²) in [5, 5.41) is 15.6. The number of halogens is 1. The third-order valence-corrected chi connectivity index (χ3v) is 2.76. The van der Waals surface area contributed by atoms with Gasteiger partial charge in [0.05, 0.1) is 16.9 Å². The Morgan fingerprint density at radius 1 is 1.53 bits per heavy atom. The first kappa shape index (κ1) is 12.9. The number of rotatable bonds is 3. The third kappa shape index (κ3) is 2.84. The molecule has 1 heterocycles. The maximum Gasteiger partial charge on any atom is 0.295 e. The molecule has 19 heavy (non-hydrogen) atoms. The topological polar surface area (TPSA) is 101 Å². The highest BCUT2D eigenvalue weighted by Gasteiger charge is 2.29. The van der Waals surface area contributed by atoms with Gasteiger partial charge >= 0.3 is 0 Å². The van der Waals surface area contributed by atoms with Gasteiger partial charge in [0.25, 0.3) is 5.69 Å². The van der Waals surface area contributed by atoms with Crippen molar-refractivity contribution >= 4 is 23.2 Å². The van der Waals surface area contributed by atoms with Gasteiger partial charge in [-0.3, -0.25) is 19.7 Å². The number of carbonyl (C=O) groups excluding carboxylic acids is 2. The van der Waals surface area contributed by atoms with Gasteiger partial charge in [-0.05, 0) is 12.1 Å². The molecule has 1 atom stereocenters. The normalized spacial score (nSPS) is 17.9. The van der Waals surface area contributed by atoms with E-state index in [0.717, 1.165) is 18.2 Å². The Balaban J connectivity index is 2.17. The lowest BCUT2D eigenvalue weighted by Gasteiger charge is -2.09. The van der Waals surface area contributed by atoms with Gasteiger partial charge in [0.1, 0.15) is 11.5 Å². The number of amides is 2. The fraction of sp³-hybridized carbons (Fsp3) is 0.273. The first-order chi connectivity index (χ1) is 8.97. The fourth-order valence-corrected chi connectivity index (χ4v) is 1.79. The van der Waals surface area contributed by atoms with Crippen molar-refractivity contribution in [2.45, 2.75) is 6.42 Å². The molecule has 0 spiro atoms. The number of benzene rings is 1. The first-order valence-corrected chi connectivity index (χ1v) is 5.49. The number of nitro groups is 1. The molecule has 100 valence electrons. The Bertz CT molecular complexity index is 561. The molecule has 7 nitrogen and oxygen atoms in total. The molecular weight excluding hydrogens is 257 g/mol. The van der Waals surface area contributed by atoms with Crippen LogP contribution in [0.2, 0.25) is 0 Å². The number of nitrogens with zero attached hydrogens (tertiary/aromatic N) is 1. The van der Waals surface area contributed by atoms with E-state index in [1.165, 1.54) is 0 Å². The van der Waals surface area contributed by atoms with Crippen LogP contribution >= 0.6 is 0 Å². The maximum absolute atomic E-state index is 12.9. The molecule has 0 radical (unpaired) electrons. The van der Waals surface area contributed by atoms with E-state index in [-0.39, 0.29) is 24.6 Å². The Morgan fingerprint density at radius 3 is 2.84 bits per heavy atom. The molecule has 0 saturated carbocycles. The van der Waals surface area contributed by atoms with Crippen LogP contribution in [0, 0.1) is 21.8 Å². The molecule has 2 rings (SSSR count). The number of carbonyl (C=O) groups is 2. The van der Waals surface area contributed by atoms with Crippen LogP contribution in [0.4, 0.5) is 15.8 Å². The Labute approximate surface area is 106 Å². The molecule has 2 N–H and O–H groups in total. The van der Waals surface area contributed by atoms with Crippen LogP contribution in [0.1, 0.15) is 6.42 Å². The molecule has 2 amide bonds. The lowest BCUT2D eigenvalue weighted by atomic mass is 10.1. The number of nitro benzene ring substituents is 1. The summed E-state index contributed by atoms with van der Waals surface area (Å²) >= 11 is 0. The quantitative estimate of drug-likeness (QED) is 0.625. The Hall–Kier alpha value is -2.51. The van der Waals surface area contributed by atoms with Gasteiger partial charge in [-0.15, -0.1) is 0 Å². The monoisotopic (exact) mass is 267 g/mol. The lowest BCUT2D eigenvalue weighted by Crippen LogP contribution is -2.25. The standard InChI is InChI=1S/C11H10FN3O4/c12-7-1-2-8(9(4-7)15(18)19)14-11(17)6-3-10(16)13-5-6/h1-2,4,6H,3,5H2,(H,13,16)(H,14,17). The molecule has 1 aromatic rings. The van der Waals surface area contributed by atoms with Crippen molar-refractivity contribution in [2.75, 3.05) is 11.9 Å². The highest BCUT2D eigenvalue weighted by Crippen LogP contribution is 2.26. The molecule has 1 aliphatic rings. The predicted molar refractivity (Wildman–Crippen MR) is 62.8 cm³/mol. The number of anilines is 1. The molecular formula is C11H10FN3O4.